The minimum absolute atomic E-state index is 0.132. The summed E-state index contributed by atoms with van der Waals surface area (Å²) < 4.78 is 14.0. The fourth-order valence-corrected chi connectivity index (χ4v) is 2.87. The predicted octanol–water partition coefficient (Wildman–Crippen LogP) is 2.53. The molecule has 0 amide bonds. The fraction of sp³-hybridized carbons (Fsp3) is 0.462. The fourth-order valence-electron chi connectivity index (χ4n) is 2.53. The van der Waals surface area contributed by atoms with Crippen molar-refractivity contribution in [3.05, 3.63) is 34.6 Å². The largest absolute Gasteiger partial charge is 0.481 e. The van der Waals surface area contributed by atoms with Crippen LogP contribution in [0.4, 0.5) is 4.39 Å². The van der Waals surface area contributed by atoms with Crippen LogP contribution in [0, 0.1) is 5.82 Å². The Hall–Kier alpha value is -1.13. The molecule has 0 unspecified atom stereocenters. The monoisotopic (exact) mass is 271 g/mol. The minimum Gasteiger partial charge on any atom is -0.481 e. The topological polar surface area (TPSA) is 40.5 Å². The van der Waals surface area contributed by atoms with Crippen LogP contribution in [0.5, 0.6) is 0 Å². The first kappa shape index (κ1) is 13.3. The summed E-state index contributed by atoms with van der Waals surface area (Å²) >= 11 is 6.02. The van der Waals surface area contributed by atoms with Crippen molar-refractivity contribution in [3.8, 4) is 0 Å². The lowest BCUT2D eigenvalue weighted by Crippen LogP contribution is -2.46. The number of hydrogen-bond donors (Lipinski definition) is 1. The molecule has 0 aliphatic carbocycles. The van der Waals surface area contributed by atoms with Crippen LogP contribution < -0.4 is 0 Å². The maximum Gasteiger partial charge on any atom is 0.314 e. The molecule has 1 fully saturated rings. The summed E-state index contributed by atoms with van der Waals surface area (Å²) in [5, 5.41) is 9.73. The average Bonchev–Trinajstić information content (AvgIpc) is 2.31. The maximum atomic E-state index is 14.0. The number of piperidine rings is 1. The zero-order valence-corrected chi connectivity index (χ0v) is 10.9. The second-order valence-electron chi connectivity index (χ2n) is 4.79. The van der Waals surface area contributed by atoms with Crippen LogP contribution in [0.25, 0.3) is 0 Å². The Bertz CT molecular complexity index is 450. The zero-order valence-electron chi connectivity index (χ0n) is 10.1. The van der Waals surface area contributed by atoms with Crippen molar-refractivity contribution in [3.63, 3.8) is 0 Å². The number of benzene rings is 1. The quantitative estimate of drug-likeness (QED) is 0.899. The summed E-state index contributed by atoms with van der Waals surface area (Å²) in [5.41, 5.74) is -1.07. The van der Waals surface area contributed by atoms with Crippen LogP contribution in [-0.2, 0) is 10.2 Å². The van der Waals surface area contributed by atoms with Gasteiger partial charge in [-0.05, 0) is 45.1 Å². The van der Waals surface area contributed by atoms with Crippen molar-refractivity contribution in [2.24, 2.45) is 0 Å². The molecule has 1 saturated heterocycles. The van der Waals surface area contributed by atoms with Crippen molar-refractivity contribution in [2.75, 3.05) is 20.1 Å². The van der Waals surface area contributed by atoms with Crippen molar-refractivity contribution in [1.29, 1.82) is 0 Å². The van der Waals surface area contributed by atoms with Gasteiger partial charge in [0.2, 0.25) is 0 Å². The molecular formula is C13H15ClFNO2. The summed E-state index contributed by atoms with van der Waals surface area (Å²) in [6.45, 7) is 1.24. The third kappa shape index (κ3) is 2.10. The second kappa shape index (κ2) is 4.86. The Morgan fingerprint density at radius 3 is 2.56 bits per heavy atom. The van der Waals surface area contributed by atoms with Crippen molar-refractivity contribution < 1.29 is 14.3 Å². The van der Waals surface area contributed by atoms with Gasteiger partial charge < -0.3 is 10.0 Å². The van der Waals surface area contributed by atoms with Gasteiger partial charge in [0, 0.05) is 10.6 Å². The first-order valence-electron chi connectivity index (χ1n) is 5.84. The molecule has 1 aromatic carbocycles. The maximum absolute atomic E-state index is 14.0. The predicted molar refractivity (Wildman–Crippen MR) is 67.5 cm³/mol. The van der Waals surface area contributed by atoms with E-state index in [1.807, 2.05) is 11.9 Å². The molecule has 98 valence electrons. The Morgan fingerprint density at radius 1 is 1.44 bits per heavy atom. The highest BCUT2D eigenvalue weighted by molar-refractivity contribution is 6.31. The number of halogens is 2. The van der Waals surface area contributed by atoms with Crippen molar-refractivity contribution in [2.45, 2.75) is 18.3 Å². The first-order valence-corrected chi connectivity index (χ1v) is 6.21. The lowest BCUT2D eigenvalue weighted by atomic mass is 9.72. The normalized spacial score (nSPS) is 19.7. The molecule has 1 N–H and O–H groups in total. The third-order valence-corrected chi connectivity index (χ3v) is 4.01. The van der Waals surface area contributed by atoms with Crippen LogP contribution in [0.15, 0.2) is 18.2 Å². The summed E-state index contributed by atoms with van der Waals surface area (Å²) in [7, 11) is 1.93. The van der Waals surface area contributed by atoms with Gasteiger partial charge in [0.05, 0.1) is 5.41 Å². The summed E-state index contributed by atoms with van der Waals surface area (Å²) in [4.78, 5) is 13.7. The molecule has 1 aliphatic rings. The van der Waals surface area contributed by atoms with E-state index in [2.05, 4.69) is 0 Å². The van der Waals surface area contributed by atoms with Gasteiger partial charge in [-0.2, -0.15) is 0 Å². The van der Waals surface area contributed by atoms with E-state index in [1.54, 1.807) is 6.07 Å². The number of nitrogens with zero attached hydrogens (tertiary/aromatic N) is 1. The zero-order chi connectivity index (χ0) is 13.3. The lowest BCUT2D eigenvalue weighted by molar-refractivity contribution is -0.146. The highest BCUT2D eigenvalue weighted by Gasteiger charge is 2.45. The number of carboxylic acid groups (broad SMARTS) is 1. The average molecular weight is 272 g/mol. The van der Waals surface area contributed by atoms with Crippen LogP contribution in [0.2, 0.25) is 5.02 Å². The van der Waals surface area contributed by atoms with Gasteiger partial charge in [-0.15, -0.1) is 0 Å². The van der Waals surface area contributed by atoms with Crippen molar-refractivity contribution >= 4 is 17.6 Å². The van der Waals surface area contributed by atoms with Gasteiger partial charge in [0.15, 0.2) is 0 Å². The van der Waals surface area contributed by atoms with Gasteiger partial charge in [-0.3, -0.25) is 4.79 Å². The van der Waals surface area contributed by atoms with Gasteiger partial charge in [0.1, 0.15) is 5.82 Å². The number of carbonyl (C=O) groups is 1. The molecule has 1 aliphatic heterocycles. The molecule has 0 spiro atoms. The van der Waals surface area contributed by atoms with Crippen LogP contribution in [0.1, 0.15) is 18.4 Å². The van der Waals surface area contributed by atoms with E-state index in [0.717, 1.165) is 0 Å². The van der Waals surface area contributed by atoms with E-state index in [0.29, 0.717) is 25.9 Å². The molecule has 0 radical (unpaired) electrons. The summed E-state index contributed by atoms with van der Waals surface area (Å²) in [6, 6.07) is 4.30. The summed E-state index contributed by atoms with van der Waals surface area (Å²) in [5.74, 6) is -1.53. The first-order chi connectivity index (χ1) is 8.47. The SMILES string of the molecule is CN1CCC(C(=O)O)(c2c(F)cccc2Cl)CC1. The van der Waals surface area contributed by atoms with E-state index in [1.165, 1.54) is 12.1 Å². The van der Waals surface area contributed by atoms with Gasteiger partial charge in [-0.25, -0.2) is 4.39 Å². The molecule has 1 heterocycles. The number of rotatable bonds is 2. The second-order valence-corrected chi connectivity index (χ2v) is 5.19. The highest BCUT2D eigenvalue weighted by atomic mass is 35.5. The van der Waals surface area contributed by atoms with Crippen LogP contribution >= 0.6 is 11.6 Å². The Kier molecular flexibility index (Phi) is 3.59. The van der Waals surface area contributed by atoms with Crippen LogP contribution in [0.3, 0.4) is 0 Å². The van der Waals surface area contributed by atoms with E-state index in [4.69, 9.17) is 11.6 Å². The van der Waals surface area contributed by atoms with Gasteiger partial charge >= 0.3 is 5.97 Å². The Labute approximate surface area is 110 Å². The van der Waals surface area contributed by atoms with Crippen molar-refractivity contribution in [1.82, 2.24) is 4.90 Å². The number of likely N-dealkylation sites (tertiary alicyclic amines) is 1. The van der Waals surface area contributed by atoms with E-state index in [-0.39, 0.29) is 10.6 Å². The summed E-state index contributed by atoms with van der Waals surface area (Å²) in [6.07, 6.45) is 0.749. The molecule has 0 aromatic heterocycles. The number of hydrogen-bond acceptors (Lipinski definition) is 2. The van der Waals surface area contributed by atoms with Crippen LogP contribution in [-0.4, -0.2) is 36.1 Å². The third-order valence-electron chi connectivity index (χ3n) is 3.69. The highest BCUT2D eigenvalue weighted by Crippen LogP contribution is 2.40. The standard InChI is InChI=1S/C13H15ClFNO2/c1-16-7-5-13(6-8-16,12(17)18)11-9(14)3-2-4-10(11)15/h2-4H,5-8H2,1H3,(H,17,18). The van der Waals surface area contributed by atoms with E-state index in [9.17, 15) is 14.3 Å². The molecule has 18 heavy (non-hydrogen) atoms. The molecule has 2 rings (SSSR count). The smallest absolute Gasteiger partial charge is 0.314 e. The number of carboxylic acids is 1. The molecule has 3 nitrogen and oxygen atoms in total. The minimum atomic E-state index is -1.20. The van der Waals surface area contributed by atoms with E-state index < -0.39 is 17.2 Å². The molecule has 0 bridgehead atoms. The molecular weight excluding hydrogens is 257 g/mol. The number of aliphatic carboxylic acids is 1. The van der Waals surface area contributed by atoms with Gasteiger partial charge in [-0.1, -0.05) is 17.7 Å². The molecule has 1 aromatic rings. The van der Waals surface area contributed by atoms with E-state index >= 15 is 0 Å². The molecule has 0 saturated carbocycles. The lowest BCUT2D eigenvalue weighted by Gasteiger charge is -2.38. The molecule has 0 atom stereocenters. The Morgan fingerprint density at radius 2 is 2.06 bits per heavy atom. The molecule has 5 heteroatoms. The Balaban J connectivity index is 2.52. The van der Waals surface area contributed by atoms with Gasteiger partial charge in [0.25, 0.3) is 0 Å².